The first kappa shape index (κ1) is 19.9. The molecule has 148 valence electrons. The summed E-state index contributed by atoms with van der Waals surface area (Å²) in [6.45, 7) is 7.23. The Morgan fingerprint density at radius 2 is 1.78 bits per heavy atom. The van der Waals surface area contributed by atoms with Gasteiger partial charge in [0.1, 0.15) is 6.54 Å². The number of hydrogen-bond donors (Lipinski definition) is 0. The lowest BCUT2D eigenvalue weighted by Crippen LogP contribution is -2.51. The number of benzene rings is 1. The van der Waals surface area contributed by atoms with E-state index in [-0.39, 0.29) is 30.3 Å². The molecule has 0 spiro atoms. The summed E-state index contributed by atoms with van der Waals surface area (Å²) in [5, 5.41) is 0. The lowest BCUT2D eigenvalue weighted by molar-refractivity contribution is -0.145. The first-order valence-electron chi connectivity index (χ1n) is 10.1. The van der Waals surface area contributed by atoms with Crippen LogP contribution in [-0.4, -0.2) is 66.3 Å². The minimum Gasteiger partial charge on any atom is -0.347 e. The zero-order chi connectivity index (χ0) is 19.6. The number of amides is 2. The van der Waals surface area contributed by atoms with E-state index in [1.165, 1.54) is 11.1 Å². The number of hydrogen-bond acceptors (Lipinski definition) is 3. The molecule has 3 heterocycles. The molecule has 0 saturated carbocycles. The highest BCUT2D eigenvalue weighted by molar-refractivity contribution is 5.86. The fourth-order valence-corrected chi connectivity index (χ4v) is 4.26. The quantitative estimate of drug-likeness (QED) is 0.771. The normalized spacial score (nSPS) is 23.0. The molecule has 0 N–H and O–H groups in total. The van der Waals surface area contributed by atoms with E-state index in [0.29, 0.717) is 5.92 Å². The van der Waals surface area contributed by atoms with E-state index < -0.39 is 0 Å². The van der Waals surface area contributed by atoms with Crippen molar-refractivity contribution in [3.63, 3.8) is 0 Å². The fourth-order valence-electron chi connectivity index (χ4n) is 4.26. The van der Waals surface area contributed by atoms with Crippen molar-refractivity contribution in [2.75, 3.05) is 33.7 Å². The number of piperidine rings is 1. The van der Waals surface area contributed by atoms with Crippen molar-refractivity contribution in [1.82, 2.24) is 14.7 Å². The Labute approximate surface area is 163 Å². The molecule has 2 bridgehead atoms. The first-order valence-corrected chi connectivity index (χ1v) is 10.1. The summed E-state index contributed by atoms with van der Waals surface area (Å²) in [6.07, 6.45) is 3.05. The minimum absolute atomic E-state index is 0.00295. The summed E-state index contributed by atoms with van der Waals surface area (Å²) in [5.74, 6) is 0.859. The van der Waals surface area contributed by atoms with Crippen LogP contribution in [0.1, 0.15) is 37.8 Å². The molecule has 2 atom stereocenters. The highest BCUT2D eigenvalue weighted by Gasteiger charge is 2.41. The van der Waals surface area contributed by atoms with Crippen molar-refractivity contribution < 1.29 is 9.59 Å². The first-order chi connectivity index (χ1) is 12.8. The molecule has 3 fully saturated rings. The molecule has 0 unspecified atom stereocenters. The molecule has 3 aliphatic rings. The van der Waals surface area contributed by atoms with Crippen LogP contribution in [-0.2, 0) is 22.6 Å². The van der Waals surface area contributed by atoms with Crippen LogP contribution in [0.3, 0.4) is 0 Å². The van der Waals surface area contributed by atoms with Crippen LogP contribution < -0.4 is 0 Å². The smallest absolute Gasteiger partial charge is 0.241 e. The number of fused-ring (bicyclic) bond motifs is 4. The summed E-state index contributed by atoms with van der Waals surface area (Å²) in [7, 11) is 3.50. The highest BCUT2D eigenvalue weighted by atomic mass is 16.2. The molecule has 5 nitrogen and oxygen atoms in total. The number of rotatable bonds is 6. The van der Waals surface area contributed by atoms with Gasteiger partial charge in [-0.05, 0) is 36.3 Å². The van der Waals surface area contributed by atoms with Gasteiger partial charge in [0, 0.05) is 39.8 Å². The number of nitrogens with zero attached hydrogens (tertiary/aromatic N) is 3. The van der Waals surface area contributed by atoms with Crippen LogP contribution in [0.15, 0.2) is 24.3 Å². The standard InChI is InChI=1S/C22H33N3O2/c1-16(2)11-17-5-7-18(8-6-17)12-24-13-19-9-10-20(14-24)25(22(19)27)15-21(26)23(3)4/h5-8,16,19-20H,9-15H2,1-4H3/t19-,20+/m0/s1. The van der Waals surface area contributed by atoms with Gasteiger partial charge in [0.15, 0.2) is 0 Å². The second-order valence-electron chi connectivity index (χ2n) is 8.79. The summed E-state index contributed by atoms with van der Waals surface area (Å²) in [6, 6.07) is 9.06. The predicted octanol–water partition coefficient (Wildman–Crippen LogP) is 2.40. The second kappa shape index (κ2) is 8.42. The minimum atomic E-state index is 0.00295. The Bertz CT molecular complexity index is 669. The van der Waals surface area contributed by atoms with E-state index >= 15 is 0 Å². The second-order valence-corrected chi connectivity index (χ2v) is 8.79. The number of carbonyl (C=O) groups is 2. The Hall–Kier alpha value is -1.88. The van der Waals surface area contributed by atoms with Crippen molar-refractivity contribution in [2.24, 2.45) is 11.8 Å². The average Bonchev–Trinajstić information content (AvgIpc) is 2.88. The third-order valence-electron chi connectivity index (χ3n) is 5.75. The topological polar surface area (TPSA) is 43.9 Å². The van der Waals surface area contributed by atoms with E-state index in [4.69, 9.17) is 0 Å². The van der Waals surface area contributed by atoms with Crippen LogP contribution in [0, 0.1) is 11.8 Å². The molecular weight excluding hydrogens is 338 g/mol. The van der Waals surface area contributed by atoms with Crippen molar-refractivity contribution in [1.29, 1.82) is 0 Å². The van der Waals surface area contributed by atoms with Crippen LogP contribution in [0.25, 0.3) is 0 Å². The van der Waals surface area contributed by atoms with Crippen LogP contribution in [0.4, 0.5) is 0 Å². The van der Waals surface area contributed by atoms with E-state index in [2.05, 4.69) is 43.0 Å². The van der Waals surface area contributed by atoms with Gasteiger partial charge < -0.3 is 9.80 Å². The number of likely N-dealkylation sites (N-methyl/N-ethyl adjacent to an activating group) is 1. The SMILES string of the molecule is CC(C)Cc1ccc(CN2C[C@@H]3CC[C@H](C2)N(CC(=O)N(C)C)C3=O)cc1. The molecule has 4 rings (SSSR count). The Morgan fingerprint density at radius 3 is 2.41 bits per heavy atom. The van der Waals surface area contributed by atoms with E-state index in [9.17, 15) is 9.59 Å². The van der Waals surface area contributed by atoms with Gasteiger partial charge in [0.05, 0.1) is 5.92 Å². The lowest BCUT2D eigenvalue weighted by atomic mass is 9.94. The summed E-state index contributed by atoms with van der Waals surface area (Å²) in [5.41, 5.74) is 2.68. The summed E-state index contributed by atoms with van der Waals surface area (Å²) < 4.78 is 0. The van der Waals surface area contributed by atoms with Gasteiger partial charge in [0.25, 0.3) is 0 Å². The van der Waals surface area contributed by atoms with E-state index in [0.717, 1.165) is 38.9 Å². The molecule has 5 heteroatoms. The molecule has 1 aromatic carbocycles. The lowest BCUT2D eigenvalue weighted by Gasteiger charge is -2.36. The Kier molecular flexibility index (Phi) is 6.20. The van der Waals surface area contributed by atoms with Crippen molar-refractivity contribution in [2.45, 2.75) is 45.7 Å². The molecule has 0 aliphatic carbocycles. The maximum Gasteiger partial charge on any atom is 0.241 e. The van der Waals surface area contributed by atoms with Crippen molar-refractivity contribution >= 4 is 11.8 Å². The monoisotopic (exact) mass is 371 g/mol. The van der Waals surface area contributed by atoms with Gasteiger partial charge in [0.2, 0.25) is 11.8 Å². The largest absolute Gasteiger partial charge is 0.347 e. The van der Waals surface area contributed by atoms with Gasteiger partial charge in [-0.25, -0.2) is 0 Å². The maximum absolute atomic E-state index is 12.8. The van der Waals surface area contributed by atoms with Crippen molar-refractivity contribution in [3.8, 4) is 0 Å². The van der Waals surface area contributed by atoms with E-state index in [1.807, 2.05) is 4.90 Å². The molecule has 27 heavy (non-hydrogen) atoms. The molecule has 1 aromatic rings. The zero-order valence-corrected chi connectivity index (χ0v) is 17.1. The average molecular weight is 372 g/mol. The molecular formula is C22H33N3O2. The van der Waals surface area contributed by atoms with Crippen molar-refractivity contribution in [3.05, 3.63) is 35.4 Å². The molecule has 3 saturated heterocycles. The molecule has 2 amide bonds. The van der Waals surface area contributed by atoms with Gasteiger partial charge >= 0.3 is 0 Å². The fraction of sp³-hybridized carbons (Fsp3) is 0.636. The van der Waals surface area contributed by atoms with Crippen LogP contribution >= 0.6 is 0 Å². The van der Waals surface area contributed by atoms with Gasteiger partial charge in [-0.1, -0.05) is 38.1 Å². The Morgan fingerprint density at radius 1 is 1.11 bits per heavy atom. The molecule has 3 aliphatic heterocycles. The third-order valence-corrected chi connectivity index (χ3v) is 5.75. The third kappa shape index (κ3) is 4.89. The van der Waals surface area contributed by atoms with Gasteiger partial charge in [-0.2, -0.15) is 0 Å². The predicted molar refractivity (Wildman–Crippen MR) is 107 cm³/mol. The molecule has 0 aromatic heterocycles. The maximum atomic E-state index is 12.8. The van der Waals surface area contributed by atoms with Gasteiger partial charge in [-0.15, -0.1) is 0 Å². The summed E-state index contributed by atoms with van der Waals surface area (Å²) in [4.78, 5) is 30.8. The summed E-state index contributed by atoms with van der Waals surface area (Å²) >= 11 is 0. The Balaban J connectivity index is 1.65. The molecule has 0 radical (unpaired) electrons. The van der Waals surface area contributed by atoms with Gasteiger partial charge in [-0.3, -0.25) is 14.5 Å². The van der Waals surface area contributed by atoms with Crippen LogP contribution in [0.5, 0.6) is 0 Å². The number of carbonyl (C=O) groups excluding carboxylic acids is 2. The van der Waals surface area contributed by atoms with E-state index in [1.54, 1.807) is 19.0 Å². The zero-order valence-electron chi connectivity index (χ0n) is 17.1. The highest BCUT2D eigenvalue weighted by Crippen LogP contribution is 2.30. The van der Waals surface area contributed by atoms with Crippen LogP contribution in [0.2, 0.25) is 0 Å².